The molecule has 0 radical (unpaired) electrons. The Morgan fingerprint density at radius 3 is 2.48 bits per heavy atom. The molecular formula is C33H40N4O3. The predicted octanol–water partition coefficient (Wildman–Crippen LogP) is 3.72. The van der Waals surface area contributed by atoms with Gasteiger partial charge in [0.1, 0.15) is 12.1 Å². The molecule has 3 amide bonds. The van der Waals surface area contributed by atoms with Crippen molar-refractivity contribution in [2.75, 3.05) is 27.2 Å². The lowest BCUT2D eigenvalue weighted by Crippen LogP contribution is -2.62. The van der Waals surface area contributed by atoms with Crippen molar-refractivity contribution in [2.45, 2.75) is 50.7 Å². The molecule has 0 bridgehead atoms. The first-order chi connectivity index (χ1) is 19.2. The Morgan fingerprint density at radius 2 is 1.75 bits per heavy atom. The minimum atomic E-state index is -0.764. The van der Waals surface area contributed by atoms with Crippen LogP contribution in [0.4, 0.5) is 0 Å². The molecule has 1 fully saturated rings. The Morgan fingerprint density at radius 1 is 1.05 bits per heavy atom. The van der Waals surface area contributed by atoms with Crippen LogP contribution in [0.5, 0.6) is 0 Å². The number of piperazine rings is 1. The number of likely N-dealkylation sites (N-methyl/N-ethyl adjacent to an activating group) is 1. The minimum Gasteiger partial charge on any atom is -0.353 e. The fourth-order valence-electron chi connectivity index (χ4n) is 5.02. The van der Waals surface area contributed by atoms with E-state index in [2.05, 4.69) is 36.6 Å². The SMILES string of the molecule is CNC(C)(C)CC=CC(=O)N(C)[C@H](Cc1ccc2ccccc2c1)C(=O)N1CCNC(=O)[C@H]1Cc1ccccc1. The molecule has 7 heteroatoms. The smallest absolute Gasteiger partial charge is 0.246 e. The Labute approximate surface area is 237 Å². The van der Waals surface area contributed by atoms with Crippen LogP contribution in [0.1, 0.15) is 31.4 Å². The number of benzene rings is 3. The molecule has 2 atom stereocenters. The highest BCUT2D eigenvalue weighted by Crippen LogP contribution is 2.21. The number of rotatable bonds is 10. The molecule has 0 saturated carbocycles. The van der Waals surface area contributed by atoms with Gasteiger partial charge < -0.3 is 20.4 Å². The van der Waals surface area contributed by atoms with E-state index in [0.29, 0.717) is 32.4 Å². The minimum absolute atomic E-state index is 0.151. The average molecular weight is 541 g/mol. The van der Waals surface area contributed by atoms with E-state index in [4.69, 9.17) is 0 Å². The third kappa shape index (κ3) is 7.16. The van der Waals surface area contributed by atoms with Crippen molar-refractivity contribution < 1.29 is 14.4 Å². The molecule has 0 aliphatic carbocycles. The molecule has 4 rings (SSSR count). The van der Waals surface area contributed by atoms with E-state index >= 15 is 0 Å². The van der Waals surface area contributed by atoms with Gasteiger partial charge in [-0.2, -0.15) is 0 Å². The van der Waals surface area contributed by atoms with Gasteiger partial charge in [0.25, 0.3) is 0 Å². The fourth-order valence-corrected chi connectivity index (χ4v) is 5.02. The zero-order valence-corrected chi connectivity index (χ0v) is 23.9. The second-order valence-electron chi connectivity index (χ2n) is 11.1. The standard InChI is InChI=1S/C33H40N4O3/c1-33(2,34-3)18-10-15-30(38)36(4)29(23-25-16-17-26-13-8-9-14-27(26)21-25)32(40)37-20-19-35-31(39)28(37)22-24-11-6-5-7-12-24/h5-17,21,28-29,34H,18-20,22-23H2,1-4H3,(H,35,39)/t28-,29-/m1/s1. The third-order valence-corrected chi connectivity index (χ3v) is 7.79. The summed E-state index contributed by atoms with van der Waals surface area (Å²) in [5.41, 5.74) is 1.78. The molecule has 210 valence electrons. The summed E-state index contributed by atoms with van der Waals surface area (Å²) >= 11 is 0. The number of carbonyl (C=O) groups excluding carboxylic acids is 3. The maximum Gasteiger partial charge on any atom is 0.246 e. The van der Waals surface area contributed by atoms with Gasteiger partial charge in [0.15, 0.2) is 0 Å². The van der Waals surface area contributed by atoms with E-state index in [1.54, 1.807) is 18.0 Å². The molecule has 3 aromatic carbocycles. The molecule has 0 unspecified atom stereocenters. The first kappa shape index (κ1) is 29.0. The van der Waals surface area contributed by atoms with Crippen LogP contribution >= 0.6 is 0 Å². The van der Waals surface area contributed by atoms with Crippen molar-refractivity contribution in [3.63, 3.8) is 0 Å². The quantitative estimate of drug-likeness (QED) is 0.384. The van der Waals surface area contributed by atoms with Crippen LogP contribution < -0.4 is 10.6 Å². The Balaban J connectivity index is 1.63. The van der Waals surface area contributed by atoms with Gasteiger partial charge in [-0.25, -0.2) is 0 Å². The maximum absolute atomic E-state index is 14.3. The number of carbonyl (C=O) groups is 3. The normalized spacial score (nSPS) is 16.6. The second kappa shape index (κ2) is 12.9. The van der Waals surface area contributed by atoms with Gasteiger partial charge in [0, 0.05) is 38.5 Å². The average Bonchev–Trinajstić information content (AvgIpc) is 2.96. The lowest BCUT2D eigenvalue weighted by molar-refractivity contribution is -0.149. The molecule has 1 aliphatic rings. The molecule has 1 heterocycles. The summed E-state index contributed by atoms with van der Waals surface area (Å²) in [4.78, 5) is 43.8. The second-order valence-corrected chi connectivity index (χ2v) is 11.1. The van der Waals surface area contributed by atoms with E-state index < -0.39 is 12.1 Å². The van der Waals surface area contributed by atoms with Gasteiger partial charge in [-0.05, 0) is 55.3 Å². The molecule has 1 saturated heterocycles. The predicted molar refractivity (Wildman–Crippen MR) is 160 cm³/mol. The van der Waals surface area contributed by atoms with E-state index in [9.17, 15) is 14.4 Å². The van der Waals surface area contributed by atoms with Crippen molar-refractivity contribution in [3.05, 3.63) is 96.1 Å². The third-order valence-electron chi connectivity index (χ3n) is 7.79. The zero-order valence-electron chi connectivity index (χ0n) is 23.9. The van der Waals surface area contributed by atoms with Crippen molar-refractivity contribution in [2.24, 2.45) is 0 Å². The van der Waals surface area contributed by atoms with Crippen molar-refractivity contribution >= 4 is 28.5 Å². The number of hydrogen-bond acceptors (Lipinski definition) is 4. The van der Waals surface area contributed by atoms with Crippen LogP contribution in [0.2, 0.25) is 0 Å². The van der Waals surface area contributed by atoms with Crippen LogP contribution in [0.3, 0.4) is 0 Å². The first-order valence-corrected chi connectivity index (χ1v) is 13.9. The number of amides is 3. The summed E-state index contributed by atoms with van der Waals surface area (Å²) in [6.45, 7) is 4.90. The molecule has 1 aliphatic heterocycles. The van der Waals surface area contributed by atoms with Crippen LogP contribution in [0.15, 0.2) is 84.9 Å². The Hall–Kier alpha value is -3.97. The largest absolute Gasteiger partial charge is 0.353 e. The monoisotopic (exact) mass is 540 g/mol. The maximum atomic E-state index is 14.3. The zero-order chi connectivity index (χ0) is 28.7. The molecular weight excluding hydrogens is 500 g/mol. The molecule has 0 spiro atoms. The molecule has 0 aromatic heterocycles. The summed E-state index contributed by atoms with van der Waals surface area (Å²) in [5, 5.41) is 8.34. The van der Waals surface area contributed by atoms with Gasteiger partial charge in [0.2, 0.25) is 17.7 Å². The molecule has 40 heavy (non-hydrogen) atoms. The molecule has 7 nitrogen and oxygen atoms in total. The topological polar surface area (TPSA) is 81.8 Å². The Bertz CT molecular complexity index is 1370. The molecule has 2 N–H and O–H groups in total. The highest BCUT2D eigenvalue weighted by molar-refractivity contribution is 5.95. The van der Waals surface area contributed by atoms with Gasteiger partial charge in [-0.1, -0.05) is 78.9 Å². The summed E-state index contributed by atoms with van der Waals surface area (Å²) in [7, 11) is 3.57. The fraction of sp³-hybridized carbons (Fsp3) is 0.364. The summed E-state index contributed by atoms with van der Waals surface area (Å²) in [6, 6.07) is 22.5. The van der Waals surface area contributed by atoms with E-state index in [1.165, 1.54) is 4.90 Å². The molecule has 3 aromatic rings. The summed E-state index contributed by atoms with van der Waals surface area (Å²) < 4.78 is 0. The van der Waals surface area contributed by atoms with Gasteiger partial charge in [0.05, 0.1) is 0 Å². The van der Waals surface area contributed by atoms with Gasteiger partial charge >= 0.3 is 0 Å². The van der Waals surface area contributed by atoms with Crippen LogP contribution in [0.25, 0.3) is 10.8 Å². The number of nitrogens with zero attached hydrogens (tertiary/aromatic N) is 2. The Kier molecular flexibility index (Phi) is 9.38. The van der Waals surface area contributed by atoms with Crippen molar-refractivity contribution in [3.8, 4) is 0 Å². The van der Waals surface area contributed by atoms with E-state index in [-0.39, 0.29) is 23.3 Å². The van der Waals surface area contributed by atoms with Crippen LogP contribution in [-0.4, -0.2) is 72.3 Å². The number of hydrogen-bond donors (Lipinski definition) is 2. The van der Waals surface area contributed by atoms with Crippen molar-refractivity contribution in [1.82, 2.24) is 20.4 Å². The van der Waals surface area contributed by atoms with Gasteiger partial charge in [-0.15, -0.1) is 0 Å². The van der Waals surface area contributed by atoms with Crippen LogP contribution in [0, 0.1) is 0 Å². The lowest BCUT2D eigenvalue weighted by Gasteiger charge is -2.39. The van der Waals surface area contributed by atoms with Crippen LogP contribution in [-0.2, 0) is 27.2 Å². The van der Waals surface area contributed by atoms with E-state index in [1.807, 2.05) is 73.8 Å². The first-order valence-electron chi connectivity index (χ1n) is 13.9. The summed E-state index contributed by atoms with van der Waals surface area (Å²) in [5.74, 6) is -0.632. The van der Waals surface area contributed by atoms with Crippen molar-refractivity contribution in [1.29, 1.82) is 0 Å². The lowest BCUT2D eigenvalue weighted by atomic mass is 9.97. The number of nitrogens with one attached hydrogen (secondary N) is 2. The summed E-state index contributed by atoms with van der Waals surface area (Å²) in [6.07, 6.45) is 4.82. The number of fused-ring (bicyclic) bond motifs is 1. The van der Waals surface area contributed by atoms with E-state index in [0.717, 1.165) is 21.9 Å². The highest BCUT2D eigenvalue weighted by atomic mass is 16.2. The van der Waals surface area contributed by atoms with Gasteiger partial charge in [-0.3, -0.25) is 14.4 Å². The highest BCUT2D eigenvalue weighted by Gasteiger charge is 2.38.